The highest BCUT2D eigenvalue weighted by Gasteiger charge is 2.26. The van der Waals surface area contributed by atoms with Crippen LogP contribution in [0.3, 0.4) is 0 Å². The Labute approximate surface area is 143 Å². The predicted molar refractivity (Wildman–Crippen MR) is 91.6 cm³/mol. The number of hydrogen-bond acceptors (Lipinski definition) is 3. The van der Waals surface area contributed by atoms with Gasteiger partial charge in [-0.25, -0.2) is 0 Å². The van der Waals surface area contributed by atoms with Gasteiger partial charge in [0.25, 0.3) is 0 Å². The number of ketones is 1. The van der Waals surface area contributed by atoms with E-state index in [1.165, 1.54) is 0 Å². The summed E-state index contributed by atoms with van der Waals surface area (Å²) in [5.41, 5.74) is 1.44. The van der Waals surface area contributed by atoms with E-state index >= 15 is 0 Å². The van der Waals surface area contributed by atoms with Crippen molar-refractivity contribution in [1.82, 2.24) is 0 Å². The smallest absolute Gasteiger partial charge is 0.178 e. The predicted octanol–water partition coefficient (Wildman–Crippen LogP) is 4.63. The van der Waals surface area contributed by atoms with Crippen molar-refractivity contribution in [3.05, 3.63) is 59.7 Å². The molecule has 0 aliphatic carbocycles. The molecule has 116 valence electrons. The number of carbonyl (C=O) groups excluding carboxylic acids is 1. The van der Waals surface area contributed by atoms with E-state index in [4.69, 9.17) is 21.1 Å². The molecule has 0 heterocycles. The van der Waals surface area contributed by atoms with Gasteiger partial charge in [0.2, 0.25) is 0 Å². The third kappa shape index (κ3) is 3.81. The number of alkyl halides is 2. The molecule has 2 rings (SSSR count). The molecule has 3 nitrogen and oxygen atoms in total. The van der Waals surface area contributed by atoms with Crippen LogP contribution in [0.15, 0.2) is 48.5 Å². The van der Waals surface area contributed by atoms with Crippen molar-refractivity contribution >= 4 is 33.3 Å². The zero-order valence-corrected chi connectivity index (χ0v) is 14.6. The van der Waals surface area contributed by atoms with Crippen LogP contribution in [-0.2, 0) is 0 Å². The maximum absolute atomic E-state index is 12.5. The first-order chi connectivity index (χ1) is 10.6. The quantitative estimate of drug-likeness (QED) is 0.539. The maximum Gasteiger partial charge on any atom is 0.178 e. The van der Waals surface area contributed by atoms with Crippen LogP contribution in [0, 0.1) is 0 Å². The van der Waals surface area contributed by atoms with Gasteiger partial charge in [0.15, 0.2) is 5.78 Å². The Balaban J connectivity index is 2.13. The Morgan fingerprint density at radius 2 is 1.41 bits per heavy atom. The molecule has 2 aromatic carbocycles. The summed E-state index contributed by atoms with van der Waals surface area (Å²) in [7, 11) is 3.19. The average Bonchev–Trinajstić information content (AvgIpc) is 2.60. The van der Waals surface area contributed by atoms with E-state index in [0.29, 0.717) is 11.3 Å². The van der Waals surface area contributed by atoms with Crippen LogP contribution in [0.25, 0.3) is 0 Å². The summed E-state index contributed by atoms with van der Waals surface area (Å²) in [6, 6.07) is 14.3. The largest absolute Gasteiger partial charge is 0.497 e. The van der Waals surface area contributed by atoms with Gasteiger partial charge in [-0.15, -0.1) is 11.6 Å². The second-order valence-corrected chi connectivity index (χ2v) is 6.13. The first kappa shape index (κ1) is 16.8. The highest BCUT2D eigenvalue weighted by atomic mass is 79.9. The Kier molecular flexibility index (Phi) is 5.86. The Bertz CT molecular complexity index is 625. The van der Waals surface area contributed by atoms with Crippen molar-refractivity contribution < 1.29 is 14.3 Å². The summed E-state index contributed by atoms with van der Waals surface area (Å²) in [4.78, 5) is 12.0. The molecule has 0 saturated heterocycles. The van der Waals surface area contributed by atoms with Crippen molar-refractivity contribution in [3.8, 4) is 11.5 Å². The third-order valence-electron chi connectivity index (χ3n) is 3.32. The van der Waals surface area contributed by atoms with Crippen LogP contribution in [0.2, 0.25) is 0 Å². The Hall–Kier alpha value is -1.52. The highest BCUT2D eigenvalue weighted by Crippen LogP contribution is 2.32. The second kappa shape index (κ2) is 7.65. The van der Waals surface area contributed by atoms with E-state index in [1.807, 2.05) is 24.3 Å². The molecule has 0 bridgehead atoms. The molecule has 5 heteroatoms. The number of carbonyl (C=O) groups is 1. The van der Waals surface area contributed by atoms with Gasteiger partial charge >= 0.3 is 0 Å². The van der Waals surface area contributed by atoms with Crippen molar-refractivity contribution in [3.63, 3.8) is 0 Å². The van der Waals surface area contributed by atoms with Gasteiger partial charge in [-0.1, -0.05) is 28.1 Å². The first-order valence-corrected chi connectivity index (χ1v) is 8.02. The van der Waals surface area contributed by atoms with Gasteiger partial charge in [-0.2, -0.15) is 0 Å². The normalized spacial score (nSPS) is 13.3. The first-order valence-electron chi connectivity index (χ1n) is 6.67. The lowest BCUT2D eigenvalue weighted by atomic mass is 10.0. The molecule has 0 unspecified atom stereocenters. The summed E-state index contributed by atoms with van der Waals surface area (Å²) in [6.45, 7) is 0. The summed E-state index contributed by atoms with van der Waals surface area (Å²) < 4.78 is 10.2. The molecule has 2 atom stereocenters. The second-order valence-electron chi connectivity index (χ2n) is 4.67. The molecular formula is C17H16BrClO3. The Morgan fingerprint density at radius 1 is 0.955 bits per heavy atom. The molecule has 0 radical (unpaired) electrons. The van der Waals surface area contributed by atoms with E-state index < -0.39 is 10.2 Å². The SMILES string of the molecule is COc1ccc(C(=O)[C@H](Br)[C@H](Cl)c2ccc(OC)cc2)cc1. The fraction of sp³-hybridized carbons (Fsp3) is 0.235. The van der Waals surface area contributed by atoms with Crippen LogP contribution in [0.1, 0.15) is 21.3 Å². The van der Waals surface area contributed by atoms with E-state index in [9.17, 15) is 4.79 Å². The number of hydrogen-bond donors (Lipinski definition) is 0. The lowest BCUT2D eigenvalue weighted by Gasteiger charge is -2.16. The molecule has 0 spiro atoms. The van der Waals surface area contributed by atoms with Gasteiger partial charge in [0, 0.05) is 5.56 Å². The van der Waals surface area contributed by atoms with E-state index in [1.54, 1.807) is 38.5 Å². The topological polar surface area (TPSA) is 35.5 Å². The van der Waals surface area contributed by atoms with Crippen LogP contribution in [0.5, 0.6) is 11.5 Å². The summed E-state index contributed by atoms with van der Waals surface area (Å²) >= 11 is 9.83. The molecule has 22 heavy (non-hydrogen) atoms. The third-order valence-corrected chi connectivity index (χ3v) is 5.07. The fourth-order valence-corrected chi connectivity index (χ4v) is 2.83. The monoisotopic (exact) mass is 382 g/mol. The molecule has 0 aromatic heterocycles. The zero-order chi connectivity index (χ0) is 16.1. The minimum absolute atomic E-state index is 0.0709. The van der Waals surface area contributed by atoms with Gasteiger partial charge in [-0.3, -0.25) is 4.79 Å². The van der Waals surface area contributed by atoms with Gasteiger partial charge < -0.3 is 9.47 Å². The van der Waals surface area contributed by atoms with E-state index in [2.05, 4.69) is 15.9 Å². The molecule has 0 N–H and O–H groups in total. The number of benzene rings is 2. The summed E-state index contributed by atoms with van der Waals surface area (Å²) in [5.74, 6) is 1.39. The molecule has 0 aliphatic heterocycles. The maximum atomic E-state index is 12.5. The van der Waals surface area contributed by atoms with E-state index in [0.717, 1.165) is 11.3 Å². The summed E-state index contributed by atoms with van der Waals surface area (Å²) in [6.07, 6.45) is 0. The zero-order valence-electron chi connectivity index (χ0n) is 12.3. The van der Waals surface area contributed by atoms with Crippen LogP contribution in [0.4, 0.5) is 0 Å². The van der Waals surface area contributed by atoms with Gasteiger partial charge in [-0.05, 0) is 42.0 Å². The minimum atomic E-state index is -0.518. The standard InChI is InChI=1S/C17H16BrClO3/c1-21-13-7-3-11(4-8-13)16(19)15(18)17(20)12-5-9-14(22-2)10-6-12/h3-10,15-16H,1-2H3/t15-,16-/m1/s1. The van der Waals surface area contributed by atoms with Crippen LogP contribution in [-0.4, -0.2) is 24.8 Å². The number of Topliss-reactive ketones (excluding diaryl/α,β-unsaturated/α-hetero) is 1. The van der Waals surface area contributed by atoms with Crippen molar-refractivity contribution in [2.24, 2.45) is 0 Å². The molecule has 0 fully saturated rings. The van der Waals surface area contributed by atoms with Crippen molar-refractivity contribution in [1.29, 1.82) is 0 Å². The Morgan fingerprint density at radius 3 is 1.86 bits per heavy atom. The average molecular weight is 384 g/mol. The van der Waals surface area contributed by atoms with Crippen molar-refractivity contribution in [2.45, 2.75) is 10.2 Å². The van der Waals surface area contributed by atoms with Crippen molar-refractivity contribution in [2.75, 3.05) is 14.2 Å². The van der Waals surface area contributed by atoms with Crippen LogP contribution >= 0.6 is 27.5 Å². The molecule has 0 saturated carbocycles. The number of halogens is 2. The lowest BCUT2D eigenvalue weighted by Crippen LogP contribution is -2.19. The summed E-state index contributed by atoms with van der Waals surface area (Å²) in [5, 5.41) is -0.472. The van der Waals surface area contributed by atoms with Gasteiger partial charge in [0.1, 0.15) is 11.5 Å². The number of rotatable bonds is 6. The fourth-order valence-electron chi connectivity index (χ4n) is 2.00. The minimum Gasteiger partial charge on any atom is -0.497 e. The van der Waals surface area contributed by atoms with Gasteiger partial charge in [0.05, 0.1) is 24.4 Å². The highest BCUT2D eigenvalue weighted by molar-refractivity contribution is 9.10. The number of methoxy groups -OCH3 is 2. The molecule has 0 amide bonds. The van der Waals surface area contributed by atoms with E-state index in [-0.39, 0.29) is 5.78 Å². The number of ether oxygens (including phenoxy) is 2. The molecule has 2 aromatic rings. The molecular weight excluding hydrogens is 368 g/mol. The molecule has 0 aliphatic rings. The lowest BCUT2D eigenvalue weighted by molar-refractivity contribution is 0.0990. The van der Waals surface area contributed by atoms with Crippen LogP contribution < -0.4 is 9.47 Å².